The van der Waals surface area contributed by atoms with Gasteiger partial charge in [0.1, 0.15) is 5.03 Å². The lowest BCUT2D eigenvalue weighted by Crippen LogP contribution is -2.12. The largest absolute Gasteiger partial charge is 0.352 e. The minimum Gasteiger partial charge on any atom is -0.352 e. The summed E-state index contributed by atoms with van der Waals surface area (Å²) < 4.78 is 0. The van der Waals surface area contributed by atoms with Crippen molar-refractivity contribution in [1.82, 2.24) is 9.97 Å². The second-order valence-corrected chi connectivity index (χ2v) is 4.27. The Hall–Kier alpha value is -0.810. The lowest BCUT2D eigenvalue weighted by molar-refractivity contribution is 0.863. The number of nitrogens with one attached hydrogen (secondary N) is 1. The van der Waals surface area contributed by atoms with E-state index in [0.717, 1.165) is 10.8 Å². The molecule has 0 aromatic carbocycles. The number of thioether (sulfide) groups is 1. The highest BCUT2D eigenvalue weighted by atomic mass is 32.2. The highest BCUT2D eigenvalue weighted by Crippen LogP contribution is 2.14. The van der Waals surface area contributed by atoms with Crippen molar-refractivity contribution in [2.45, 2.75) is 24.9 Å². The van der Waals surface area contributed by atoms with Gasteiger partial charge in [-0.05, 0) is 19.9 Å². The van der Waals surface area contributed by atoms with Crippen LogP contribution in [0.15, 0.2) is 17.3 Å². The molecule has 0 amide bonds. The van der Waals surface area contributed by atoms with Crippen molar-refractivity contribution in [3.63, 3.8) is 0 Å². The lowest BCUT2D eigenvalue weighted by atomic mass is 10.4. The molecule has 1 rings (SSSR count). The Bertz CT molecular complexity index is 277. The number of hydrogen-bond donors (Lipinski definition) is 2. The van der Waals surface area contributed by atoms with E-state index in [0.29, 0.717) is 18.5 Å². The molecule has 0 radical (unpaired) electrons. The smallest absolute Gasteiger partial charge is 0.223 e. The summed E-state index contributed by atoms with van der Waals surface area (Å²) in [6, 6.07) is 2.25. The van der Waals surface area contributed by atoms with Crippen LogP contribution in [0, 0.1) is 0 Å². The van der Waals surface area contributed by atoms with E-state index in [-0.39, 0.29) is 0 Å². The Balaban J connectivity index is 2.59. The summed E-state index contributed by atoms with van der Waals surface area (Å²) >= 11 is 1.65. The van der Waals surface area contributed by atoms with E-state index in [4.69, 9.17) is 5.73 Å². The molecule has 0 saturated carbocycles. The molecule has 1 aromatic heterocycles. The average molecular weight is 212 g/mol. The predicted molar refractivity (Wildman–Crippen MR) is 60.6 cm³/mol. The van der Waals surface area contributed by atoms with Crippen LogP contribution < -0.4 is 11.1 Å². The quantitative estimate of drug-likeness (QED) is 0.570. The summed E-state index contributed by atoms with van der Waals surface area (Å²) in [5.74, 6) is 1.57. The number of anilines is 1. The Morgan fingerprint density at radius 3 is 3.00 bits per heavy atom. The molecule has 5 heteroatoms. The molecule has 0 fully saturated rings. The first-order valence-corrected chi connectivity index (χ1v) is 5.63. The van der Waals surface area contributed by atoms with Crippen LogP contribution in [-0.2, 0) is 0 Å². The first-order chi connectivity index (χ1) is 6.72. The van der Waals surface area contributed by atoms with Crippen LogP contribution in [0.3, 0.4) is 0 Å². The molecule has 78 valence electrons. The van der Waals surface area contributed by atoms with Crippen LogP contribution in [-0.4, -0.2) is 28.3 Å². The molecule has 3 N–H and O–H groups in total. The van der Waals surface area contributed by atoms with E-state index in [1.54, 1.807) is 18.0 Å². The van der Waals surface area contributed by atoms with E-state index in [2.05, 4.69) is 29.1 Å². The molecule has 1 aromatic rings. The van der Waals surface area contributed by atoms with Crippen molar-refractivity contribution in [2.24, 2.45) is 5.73 Å². The Morgan fingerprint density at radius 2 is 2.36 bits per heavy atom. The second kappa shape index (κ2) is 5.82. The standard InChI is InChI=1S/C9H16N4S/c1-7(2)12-9-11-5-3-8(13-9)14-6-4-10/h3,5,7H,4,6,10H2,1-2H3,(H,11,12,13). The maximum Gasteiger partial charge on any atom is 0.223 e. The highest BCUT2D eigenvalue weighted by Gasteiger charge is 2.00. The van der Waals surface area contributed by atoms with Gasteiger partial charge in [-0.3, -0.25) is 0 Å². The highest BCUT2D eigenvalue weighted by molar-refractivity contribution is 7.99. The van der Waals surface area contributed by atoms with Gasteiger partial charge in [0.2, 0.25) is 5.95 Å². The number of hydrogen-bond acceptors (Lipinski definition) is 5. The molecule has 0 spiro atoms. The van der Waals surface area contributed by atoms with Gasteiger partial charge in [0.05, 0.1) is 0 Å². The van der Waals surface area contributed by atoms with Gasteiger partial charge >= 0.3 is 0 Å². The van der Waals surface area contributed by atoms with Crippen molar-refractivity contribution in [1.29, 1.82) is 0 Å². The minimum atomic E-state index is 0.352. The Labute approximate surface area is 88.7 Å². The first-order valence-electron chi connectivity index (χ1n) is 4.65. The Morgan fingerprint density at radius 1 is 1.57 bits per heavy atom. The van der Waals surface area contributed by atoms with Crippen molar-refractivity contribution >= 4 is 17.7 Å². The molecule has 14 heavy (non-hydrogen) atoms. The summed E-state index contributed by atoms with van der Waals surface area (Å²) in [4.78, 5) is 8.46. The fraction of sp³-hybridized carbons (Fsp3) is 0.556. The van der Waals surface area contributed by atoms with Crippen molar-refractivity contribution in [3.05, 3.63) is 12.3 Å². The van der Waals surface area contributed by atoms with E-state index in [1.807, 2.05) is 6.07 Å². The molecule has 0 unspecified atom stereocenters. The first kappa shape index (κ1) is 11.3. The summed E-state index contributed by atoms with van der Waals surface area (Å²) in [6.07, 6.45) is 1.76. The molecule has 0 atom stereocenters. The van der Waals surface area contributed by atoms with Crippen molar-refractivity contribution in [2.75, 3.05) is 17.6 Å². The number of nitrogens with two attached hydrogens (primary N) is 1. The Kier molecular flexibility index (Phi) is 4.69. The number of rotatable bonds is 5. The maximum absolute atomic E-state index is 5.42. The minimum absolute atomic E-state index is 0.352. The summed E-state index contributed by atoms with van der Waals surface area (Å²) in [7, 11) is 0. The molecule has 0 saturated heterocycles. The molecular formula is C9H16N4S. The van der Waals surface area contributed by atoms with E-state index in [1.165, 1.54) is 0 Å². The number of nitrogens with zero attached hydrogens (tertiary/aromatic N) is 2. The van der Waals surface area contributed by atoms with Crippen molar-refractivity contribution in [3.8, 4) is 0 Å². The lowest BCUT2D eigenvalue weighted by Gasteiger charge is -2.08. The third-order valence-electron chi connectivity index (χ3n) is 1.42. The van der Waals surface area contributed by atoms with Crippen LogP contribution >= 0.6 is 11.8 Å². The fourth-order valence-corrected chi connectivity index (χ4v) is 1.55. The van der Waals surface area contributed by atoms with Crippen LogP contribution in [0.4, 0.5) is 5.95 Å². The van der Waals surface area contributed by atoms with Gasteiger partial charge in [-0.2, -0.15) is 0 Å². The van der Waals surface area contributed by atoms with Crippen LogP contribution in [0.25, 0.3) is 0 Å². The third kappa shape index (κ3) is 3.93. The molecule has 4 nitrogen and oxygen atoms in total. The summed E-state index contributed by atoms with van der Waals surface area (Å²) in [5.41, 5.74) is 5.42. The van der Waals surface area contributed by atoms with E-state index in [9.17, 15) is 0 Å². The van der Waals surface area contributed by atoms with E-state index >= 15 is 0 Å². The van der Waals surface area contributed by atoms with Gasteiger partial charge in [0, 0.05) is 24.5 Å². The second-order valence-electron chi connectivity index (χ2n) is 3.15. The van der Waals surface area contributed by atoms with Gasteiger partial charge < -0.3 is 11.1 Å². The van der Waals surface area contributed by atoms with Crippen molar-refractivity contribution < 1.29 is 0 Å². The molecule has 1 heterocycles. The molecular weight excluding hydrogens is 196 g/mol. The van der Waals surface area contributed by atoms with Gasteiger partial charge in [0.25, 0.3) is 0 Å². The van der Waals surface area contributed by atoms with Gasteiger partial charge in [0.15, 0.2) is 0 Å². The molecule has 0 aliphatic rings. The summed E-state index contributed by atoms with van der Waals surface area (Å²) in [6.45, 7) is 4.79. The predicted octanol–water partition coefficient (Wildman–Crippen LogP) is 1.35. The zero-order valence-corrected chi connectivity index (χ0v) is 9.34. The topological polar surface area (TPSA) is 63.8 Å². The fourth-order valence-electron chi connectivity index (χ4n) is 0.914. The van der Waals surface area contributed by atoms with Gasteiger partial charge in [-0.1, -0.05) is 0 Å². The van der Waals surface area contributed by atoms with Crippen LogP contribution in [0.1, 0.15) is 13.8 Å². The normalized spacial score (nSPS) is 10.6. The molecule has 0 aliphatic carbocycles. The van der Waals surface area contributed by atoms with Gasteiger partial charge in [-0.15, -0.1) is 11.8 Å². The summed E-state index contributed by atoms with van der Waals surface area (Å²) in [5, 5.41) is 4.12. The monoisotopic (exact) mass is 212 g/mol. The zero-order chi connectivity index (χ0) is 10.4. The molecule has 0 aliphatic heterocycles. The maximum atomic E-state index is 5.42. The van der Waals surface area contributed by atoms with E-state index < -0.39 is 0 Å². The third-order valence-corrected chi connectivity index (χ3v) is 2.38. The van der Waals surface area contributed by atoms with Gasteiger partial charge in [-0.25, -0.2) is 9.97 Å². The average Bonchev–Trinajstić information content (AvgIpc) is 2.14. The molecule has 0 bridgehead atoms. The zero-order valence-electron chi connectivity index (χ0n) is 8.53. The van der Waals surface area contributed by atoms with Crippen LogP contribution in [0.2, 0.25) is 0 Å². The SMILES string of the molecule is CC(C)Nc1nccc(SCCN)n1. The van der Waals surface area contributed by atoms with Crippen LogP contribution in [0.5, 0.6) is 0 Å². The number of aromatic nitrogens is 2.